The third kappa shape index (κ3) is 2010. The Morgan fingerprint density at radius 2 is 1.25 bits per heavy atom. The molecule has 10 N–H and O–H groups in total. The molecule has 7 nitrogen and oxygen atoms in total. The van der Waals surface area contributed by atoms with Crippen LogP contribution in [0.1, 0.15) is 0 Å². The molecular weight excluding hydrogens is 161 g/mol. The zero-order valence-corrected chi connectivity index (χ0v) is 5.21. The van der Waals surface area contributed by atoms with Crippen molar-refractivity contribution in [1.82, 2.24) is 0 Å². The van der Waals surface area contributed by atoms with E-state index in [0.29, 0.717) is 0 Å². The topological polar surface area (TPSA) is 160 Å². The van der Waals surface area contributed by atoms with Crippen LogP contribution in [0.5, 0.6) is 0 Å². The molecule has 1 radical (unpaired) electrons. The van der Waals surface area contributed by atoms with E-state index in [0.717, 1.165) is 5.34 Å². The maximum Gasteiger partial charge on any atom is 0 e. The van der Waals surface area contributed by atoms with Gasteiger partial charge in [0.1, 0.15) is 0 Å². The molecule has 0 aliphatic carbocycles. The minimum Gasteiger partial charge on any atom is -0.444 e. The second-order valence-corrected chi connectivity index (χ2v) is 0.0745. The Kier molecular flexibility index (Phi) is 1260. The van der Waals surface area contributed by atoms with Crippen LogP contribution in [0.3, 0.4) is 0 Å². The Morgan fingerprint density at radius 3 is 1.25 bits per heavy atom. The van der Waals surface area contributed by atoms with E-state index in [1.807, 2.05) is 0 Å². The molecule has 0 heterocycles. The van der Waals surface area contributed by atoms with E-state index < -0.39 is 0 Å². The van der Waals surface area contributed by atoms with Crippen LogP contribution in [0.25, 0.3) is 0 Å². The SMILES string of the molecule is N[NH3+].N[NH3+].O=N[O-].[Co]. The predicted octanol–water partition coefficient (Wildman–Crippen LogP) is -3.55. The molecule has 0 aromatic carbocycles. The smallest absolute Gasteiger partial charge is 0 e. The normalized spacial score (nSPS) is 3.00. The van der Waals surface area contributed by atoms with E-state index in [-0.39, 0.29) is 16.8 Å². The first-order valence-corrected chi connectivity index (χ1v) is 1.18. The van der Waals surface area contributed by atoms with Crippen LogP contribution >= 0.6 is 0 Å². The summed E-state index contributed by atoms with van der Waals surface area (Å²) in [6.07, 6.45) is 0. The molecule has 8 heteroatoms. The third-order valence-electron chi connectivity index (χ3n) is 0. The summed E-state index contributed by atoms with van der Waals surface area (Å²) in [5, 5.41) is 9.00. The molecule has 0 bridgehead atoms. The molecule has 0 aliphatic rings. The Bertz CT molecular complexity index is 17.9. The van der Waals surface area contributed by atoms with Gasteiger partial charge in [-0.2, -0.15) is 11.7 Å². The van der Waals surface area contributed by atoms with Gasteiger partial charge in [0.05, 0.1) is 0 Å². The molecule has 8 heavy (non-hydrogen) atoms. The summed E-state index contributed by atoms with van der Waals surface area (Å²) in [4.78, 5) is 8.00. The van der Waals surface area contributed by atoms with Crippen molar-refractivity contribution in [2.45, 2.75) is 0 Å². The molecule has 0 aliphatic heterocycles. The van der Waals surface area contributed by atoms with Gasteiger partial charge in [0.25, 0.3) is 0 Å². The number of quaternary nitrogens is 2. The second-order valence-electron chi connectivity index (χ2n) is 0.0745. The van der Waals surface area contributed by atoms with Crippen LogP contribution in [0.4, 0.5) is 0 Å². The van der Waals surface area contributed by atoms with Crippen molar-refractivity contribution >= 4 is 0 Å². The molecule has 0 aromatic rings. The second kappa shape index (κ2) is 400. The molecule has 0 unspecified atom stereocenters. The molecule has 0 amide bonds. The van der Waals surface area contributed by atoms with Crippen molar-refractivity contribution in [2.24, 2.45) is 17.0 Å². The number of nitrogens with two attached hydrogens (primary N) is 2. The molecule has 0 saturated heterocycles. The molecule has 0 spiro atoms. The van der Waals surface area contributed by atoms with Crippen molar-refractivity contribution in [3.63, 3.8) is 0 Å². The van der Waals surface area contributed by atoms with Gasteiger partial charge >= 0.3 is 0 Å². The predicted molar refractivity (Wildman–Crippen MR) is 23.3 cm³/mol. The van der Waals surface area contributed by atoms with E-state index in [2.05, 4.69) is 23.4 Å². The van der Waals surface area contributed by atoms with Crippen molar-refractivity contribution in [3.05, 3.63) is 10.1 Å². The summed E-state index contributed by atoms with van der Waals surface area (Å²) in [7, 11) is 0. The average molecular weight is 171 g/mol. The third-order valence-corrected chi connectivity index (χ3v) is 0. The van der Waals surface area contributed by atoms with Gasteiger partial charge in [0.15, 0.2) is 0 Å². The van der Waals surface area contributed by atoms with E-state index in [1.165, 1.54) is 0 Å². The Labute approximate surface area is 56.4 Å². The summed E-state index contributed by atoms with van der Waals surface area (Å²) in [5.74, 6) is 14.0. The maximum absolute atomic E-state index is 8.00. The first-order valence-electron chi connectivity index (χ1n) is 1.18. The molecular formula is H10CoN5O2+. The van der Waals surface area contributed by atoms with Crippen molar-refractivity contribution in [3.8, 4) is 0 Å². The summed E-state index contributed by atoms with van der Waals surface area (Å²) in [6.45, 7) is 0. The van der Waals surface area contributed by atoms with Gasteiger partial charge in [-0.25, -0.2) is 0 Å². The van der Waals surface area contributed by atoms with Gasteiger partial charge in [-0.15, -0.1) is 5.34 Å². The molecule has 0 saturated carbocycles. The molecule has 0 atom stereocenters. The monoisotopic (exact) mass is 171 g/mol. The van der Waals surface area contributed by atoms with Crippen molar-refractivity contribution < 1.29 is 28.5 Å². The Morgan fingerprint density at radius 1 is 1.25 bits per heavy atom. The Hall–Kier alpha value is -0.254. The fraction of sp³-hybridized carbons (Fsp3) is 0. The first kappa shape index (κ1) is 25.1. The van der Waals surface area contributed by atoms with Gasteiger partial charge in [-0.05, 0) is 0 Å². The molecule has 55 valence electrons. The van der Waals surface area contributed by atoms with Crippen LogP contribution in [-0.4, -0.2) is 0 Å². The first-order chi connectivity index (χ1) is 3.41. The van der Waals surface area contributed by atoms with E-state index in [9.17, 15) is 0 Å². The minimum atomic E-state index is 0. The van der Waals surface area contributed by atoms with Gasteiger partial charge in [0, 0.05) is 16.8 Å². The van der Waals surface area contributed by atoms with Crippen LogP contribution in [0.15, 0.2) is 5.34 Å². The Balaban J connectivity index is -0.0000000147. The summed E-state index contributed by atoms with van der Waals surface area (Å²) in [6, 6.07) is 0. The largest absolute Gasteiger partial charge is 0.444 e. The number of rotatable bonds is 0. The van der Waals surface area contributed by atoms with E-state index in [1.54, 1.807) is 0 Å². The zero-order valence-electron chi connectivity index (χ0n) is 4.17. The maximum atomic E-state index is 8.00. The molecule has 0 aromatic heterocycles. The fourth-order valence-corrected chi connectivity index (χ4v) is 0. The van der Waals surface area contributed by atoms with Gasteiger partial charge in [-0.1, -0.05) is 0 Å². The van der Waals surface area contributed by atoms with Crippen LogP contribution in [0.2, 0.25) is 0 Å². The minimum absolute atomic E-state index is 0. The van der Waals surface area contributed by atoms with Gasteiger partial charge in [0.2, 0.25) is 0 Å². The van der Waals surface area contributed by atoms with E-state index >= 15 is 0 Å². The van der Waals surface area contributed by atoms with E-state index in [4.69, 9.17) is 10.1 Å². The van der Waals surface area contributed by atoms with Crippen LogP contribution in [0, 0.1) is 10.1 Å². The standard InChI is InChI=1S/Co.2H4N2.HNO2/c;2*1-2;2-1-3/h;2*1-2H2;(H,2,3)/p+1. The number of hydrogen-bond donors (Lipinski definition) is 4. The number of nitrogens with zero attached hydrogens (tertiary/aromatic N) is 1. The summed E-state index contributed by atoms with van der Waals surface area (Å²) in [5.41, 5.74) is 0. The average Bonchev–Trinajstić information content (AvgIpc) is 1.78. The van der Waals surface area contributed by atoms with Gasteiger partial charge < -0.3 is 10.1 Å². The van der Waals surface area contributed by atoms with Gasteiger partial charge in [-0.3, -0.25) is 11.7 Å². The van der Waals surface area contributed by atoms with Crippen LogP contribution < -0.4 is 23.4 Å². The fourth-order valence-electron chi connectivity index (χ4n) is 0. The summed E-state index contributed by atoms with van der Waals surface area (Å²) < 4.78 is 0. The summed E-state index contributed by atoms with van der Waals surface area (Å²) >= 11 is 0. The zero-order chi connectivity index (χ0) is 6.71. The molecule has 0 rings (SSSR count). The molecule has 0 fully saturated rings. The number of hydrogen-bond acceptors (Lipinski definition) is 5. The quantitative estimate of drug-likeness (QED) is 0.169. The van der Waals surface area contributed by atoms with Crippen molar-refractivity contribution in [1.29, 1.82) is 0 Å². The van der Waals surface area contributed by atoms with Crippen molar-refractivity contribution in [2.75, 3.05) is 0 Å². The van der Waals surface area contributed by atoms with Crippen LogP contribution in [-0.2, 0) is 16.8 Å².